The van der Waals surface area contributed by atoms with Gasteiger partial charge in [-0.05, 0) is 45.7 Å². The van der Waals surface area contributed by atoms with Crippen molar-refractivity contribution in [3.8, 4) is 0 Å². The van der Waals surface area contributed by atoms with Crippen LogP contribution in [-0.4, -0.2) is 42.9 Å². The number of nitrogens with one attached hydrogen (secondary N) is 3. The molecule has 0 bridgehead atoms. The molecule has 3 N–H and O–H groups in total. The summed E-state index contributed by atoms with van der Waals surface area (Å²) in [6, 6.07) is 10.6. The minimum Gasteiger partial charge on any atom is -0.444 e. The molecule has 0 saturated carbocycles. The van der Waals surface area contributed by atoms with E-state index in [1.54, 1.807) is 24.3 Å². The molecule has 0 atom stereocenters. The molecular weight excluding hydrogens is 406 g/mol. The van der Waals surface area contributed by atoms with Gasteiger partial charge in [0.05, 0.1) is 11.1 Å². The highest BCUT2D eigenvalue weighted by atomic mass is 16.6. The summed E-state index contributed by atoms with van der Waals surface area (Å²) in [5.41, 5.74) is 2.42. The second-order valence-corrected chi connectivity index (χ2v) is 8.75. The van der Waals surface area contributed by atoms with Crippen LogP contribution in [0.5, 0.6) is 0 Å². The Morgan fingerprint density at radius 1 is 0.844 bits per heavy atom. The fourth-order valence-corrected chi connectivity index (χ4v) is 3.59. The molecule has 0 unspecified atom stereocenters. The third kappa shape index (κ3) is 5.28. The molecular formula is C25H31N3O4. The van der Waals surface area contributed by atoms with E-state index in [1.807, 2.05) is 39.8 Å². The molecule has 0 aliphatic heterocycles. The van der Waals surface area contributed by atoms with Crippen molar-refractivity contribution in [1.29, 1.82) is 0 Å². The van der Waals surface area contributed by atoms with E-state index in [-0.39, 0.29) is 11.6 Å². The Bertz CT molecular complexity index is 1020. The molecule has 0 heterocycles. The van der Waals surface area contributed by atoms with E-state index in [0.717, 1.165) is 6.42 Å². The summed E-state index contributed by atoms with van der Waals surface area (Å²) in [5.74, 6) is -0.311. The average Bonchev–Trinajstić information content (AvgIpc) is 2.74. The topological polar surface area (TPSA) is 96.5 Å². The van der Waals surface area contributed by atoms with Crippen molar-refractivity contribution in [2.24, 2.45) is 0 Å². The number of carbonyl (C=O) groups excluding carboxylic acids is 3. The fraction of sp³-hybridized carbons (Fsp3) is 0.400. The van der Waals surface area contributed by atoms with Crippen molar-refractivity contribution in [2.75, 3.05) is 30.3 Å². The summed E-state index contributed by atoms with van der Waals surface area (Å²) >= 11 is 0. The third-order valence-electron chi connectivity index (χ3n) is 4.98. The van der Waals surface area contributed by atoms with Crippen molar-refractivity contribution in [2.45, 2.75) is 46.1 Å². The molecule has 7 nitrogen and oxygen atoms in total. The van der Waals surface area contributed by atoms with E-state index in [1.165, 1.54) is 0 Å². The quantitative estimate of drug-likeness (QED) is 0.445. The van der Waals surface area contributed by atoms with Gasteiger partial charge in [-0.15, -0.1) is 0 Å². The number of ether oxygens (including phenoxy) is 1. The molecule has 7 heteroatoms. The molecule has 1 aliphatic carbocycles. The Labute approximate surface area is 188 Å². The van der Waals surface area contributed by atoms with Gasteiger partial charge in [-0.25, -0.2) is 4.79 Å². The van der Waals surface area contributed by atoms with Crippen molar-refractivity contribution >= 4 is 29.0 Å². The van der Waals surface area contributed by atoms with Crippen molar-refractivity contribution < 1.29 is 19.1 Å². The SMILES string of the molecule is CCCNc1ccc(NCCCNC(=O)OC(C)(C)C)c2c1C(=O)c1ccccc1C2=O. The fourth-order valence-electron chi connectivity index (χ4n) is 3.59. The molecule has 0 fully saturated rings. The standard InChI is InChI=1S/C25H31N3O4/c1-5-13-26-18-11-12-19(27-14-8-15-28-24(31)32-25(2,3)4)21-20(18)22(29)16-9-6-7-10-17(16)23(21)30/h6-7,9-12,26-27H,5,8,13-15H2,1-4H3,(H,28,31). The van der Waals surface area contributed by atoms with Crippen LogP contribution in [0.15, 0.2) is 36.4 Å². The van der Waals surface area contributed by atoms with Gasteiger partial charge in [-0.2, -0.15) is 0 Å². The average molecular weight is 438 g/mol. The second-order valence-electron chi connectivity index (χ2n) is 8.75. The van der Waals surface area contributed by atoms with Gasteiger partial charge in [0.15, 0.2) is 11.6 Å². The van der Waals surface area contributed by atoms with Gasteiger partial charge in [-0.1, -0.05) is 31.2 Å². The third-order valence-corrected chi connectivity index (χ3v) is 4.98. The Morgan fingerprint density at radius 2 is 1.38 bits per heavy atom. The summed E-state index contributed by atoms with van der Waals surface area (Å²) in [6.07, 6.45) is 1.07. The molecule has 0 spiro atoms. The maximum absolute atomic E-state index is 13.3. The Morgan fingerprint density at radius 3 is 1.88 bits per heavy atom. The van der Waals surface area contributed by atoms with E-state index < -0.39 is 11.7 Å². The Hall–Kier alpha value is -3.35. The minimum absolute atomic E-state index is 0.149. The number of amides is 1. The largest absolute Gasteiger partial charge is 0.444 e. The van der Waals surface area contributed by atoms with Crippen LogP contribution in [0.2, 0.25) is 0 Å². The number of carbonyl (C=O) groups is 3. The van der Waals surface area contributed by atoms with Crippen LogP contribution in [0.1, 0.15) is 72.4 Å². The molecule has 2 aromatic rings. The van der Waals surface area contributed by atoms with Gasteiger partial charge >= 0.3 is 6.09 Å². The lowest BCUT2D eigenvalue weighted by Gasteiger charge is -2.24. The summed E-state index contributed by atoms with van der Waals surface area (Å²) in [4.78, 5) is 38.4. The van der Waals surface area contributed by atoms with Crippen LogP contribution in [0.25, 0.3) is 0 Å². The number of fused-ring (bicyclic) bond motifs is 2. The van der Waals surface area contributed by atoms with Crippen molar-refractivity contribution in [1.82, 2.24) is 5.32 Å². The van der Waals surface area contributed by atoms with Crippen LogP contribution in [0.4, 0.5) is 16.2 Å². The van der Waals surface area contributed by atoms with Crippen LogP contribution < -0.4 is 16.0 Å². The molecule has 1 amide bonds. The predicted molar refractivity (Wildman–Crippen MR) is 126 cm³/mol. The highest BCUT2D eigenvalue weighted by molar-refractivity contribution is 6.31. The first-order valence-electron chi connectivity index (χ1n) is 11.0. The van der Waals surface area contributed by atoms with Crippen molar-refractivity contribution in [3.63, 3.8) is 0 Å². The first-order valence-corrected chi connectivity index (χ1v) is 11.0. The number of anilines is 2. The zero-order valence-electron chi connectivity index (χ0n) is 19.1. The Balaban J connectivity index is 1.76. The summed E-state index contributed by atoms with van der Waals surface area (Å²) in [6.45, 7) is 9.14. The van der Waals surface area contributed by atoms with Crippen LogP contribution in [-0.2, 0) is 4.74 Å². The lowest BCUT2D eigenvalue weighted by molar-refractivity contribution is 0.0527. The van der Waals surface area contributed by atoms with Gasteiger partial charge in [-0.3, -0.25) is 9.59 Å². The molecule has 0 aromatic heterocycles. The smallest absolute Gasteiger partial charge is 0.407 e. The minimum atomic E-state index is -0.544. The van der Waals surface area contributed by atoms with E-state index in [0.29, 0.717) is 59.7 Å². The molecule has 1 aliphatic rings. The van der Waals surface area contributed by atoms with Crippen LogP contribution in [0, 0.1) is 0 Å². The number of benzene rings is 2. The zero-order chi connectivity index (χ0) is 23.3. The second kappa shape index (κ2) is 9.85. The number of hydrogen-bond acceptors (Lipinski definition) is 6. The molecule has 32 heavy (non-hydrogen) atoms. The normalized spacial score (nSPS) is 12.6. The number of rotatable bonds is 8. The van der Waals surface area contributed by atoms with E-state index in [4.69, 9.17) is 4.74 Å². The van der Waals surface area contributed by atoms with Gasteiger partial charge < -0.3 is 20.7 Å². The van der Waals surface area contributed by atoms with Gasteiger partial charge in [0.25, 0.3) is 0 Å². The lowest BCUT2D eigenvalue weighted by atomic mass is 9.82. The highest BCUT2D eigenvalue weighted by Gasteiger charge is 2.33. The maximum Gasteiger partial charge on any atom is 0.407 e. The number of ketones is 2. The first kappa shape index (κ1) is 23.3. The summed E-state index contributed by atoms with van der Waals surface area (Å²) < 4.78 is 5.22. The number of alkyl carbamates (subject to hydrolysis) is 1. The Kier molecular flexibility index (Phi) is 7.18. The lowest BCUT2D eigenvalue weighted by Crippen LogP contribution is -2.33. The monoisotopic (exact) mass is 437 g/mol. The molecule has 0 saturated heterocycles. The number of hydrogen-bond donors (Lipinski definition) is 3. The maximum atomic E-state index is 13.3. The summed E-state index contributed by atoms with van der Waals surface area (Å²) in [5, 5.41) is 9.26. The molecule has 0 radical (unpaired) electrons. The predicted octanol–water partition coefficient (Wildman–Crippen LogP) is 4.61. The van der Waals surface area contributed by atoms with Gasteiger partial charge in [0.2, 0.25) is 0 Å². The van der Waals surface area contributed by atoms with Crippen LogP contribution >= 0.6 is 0 Å². The first-order chi connectivity index (χ1) is 15.2. The van der Waals surface area contributed by atoms with Crippen LogP contribution in [0.3, 0.4) is 0 Å². The summed E-state index contributed by atoms with van der Waals surface area (Å²) in [7, 11) is 0. The van der Waals surface area contributed by atoms with Gasteiger partial charge in [0.1, 0.15) is 5.60 Å². The van der Waals surface area contributed by atoms with E-state index >= 15 is 0 Å². The molecule has 170 valence electrons. The van der Waals surface area contributed by atoms with E-state index in [9.17, 15) is 14.4 Å². The molecule has 3 rings (SSSR count). The van der Waals surface area contributed by atoms with Crippen molar-refractivity contribution in [3.05, 3.63) is 58.7 Å². The zero-order valence-corrected chi connectivity index (χ0v) is 19.1. The molecule has 2 aromatic carbocycles. The van der Waals surface area contributed by atoms with Gasteiger partial charge in [0, 0.05) is 42.1 Å². The highest BCUT2D eigenvalue weighted by Crippen LogP contribution is 2.36. The van der Waals surface area contributed by atoms with E-state index in [2.05, 4.69) is 16.0 Å².